The predicted octanol–water partition coefficient (Wildman–Crippen LogP) is 3.81. The van der Waals surface area contributed by atoms with Crippen LogP contribution in [-0.2, 0) is 9.59 Å². The van der Waals surface area contributed by atoms with Gasteiger partial charge in [-0.15, -0.1) is 0 Å². The van der Waals surface area contributed by atoms with E-state index < -0.39 is 11.8 Å². The molecule has 0 spiro atoms. The summed E-state index contributed by atoms with van der Waals surface area (Å²) >= 11 is 0. The molecule has 5 nitrogen and oxygen atoms in total. The lowest BCUT2D eigenvalue weighted by Gasteiger charge is -2.19. The summed E-state index contributed by atoms with van der Waals surface area (Å²) < 4.78 is 0. The summed E-state index contributed by atoms with van der Waals surface area (Å²) in [5.74, 6) is -0.797. The van der Waals surface area contributed by atoms with Gasteiger partial charge in [-0.05, 0) is 25.0 Å². The average molecular weight is 331 g/mol. The third kappa shape index (κ3) is 7.11. The van der Waals surface area contributed by atoms with Crippen molar-refractivity contribution in [3.63, 3.8) is 0 Å². The predicted molar refractivity (Wildman–Crippen MR) is 95.6 cm³/mol. The first-order valence-electron chi connectivity index (χ1n) is 9.28. The van der Waals surface area contributed by atoms with E-state index in [4.69, 9.17) is 0 Å². The van der Waals surface area contributed by atoms with Crippen molar-refractivity contribution >= 4 is 17.6 Å². The zero-order valence-electron chi connectivity index (χ0n) is 14.4. The molecule has 2 N–H and O–H groups in total. The summed E-state index contributed by atoms with van der Waals surface area (Å²) in [6, 6.07) is 5.31. The summed E-state index contributed by atoms with van der Waals surface area (Å²) in [4.78, 5) is 28.1. The zero-order valence-corrected chi connectivity index (χ0v) is 14.4. The lowest BCUT2D eigenvalue weighted by molar-refractivity contribution is -0.136. The molecule has 0 radical (unpaired) electrons. The Morgan fingerprint density at radius 2 is 1.42 bits per heavy atom. The van der Waals surface area contributed by atoms with Gasteiger partial charge in [0.15, 0.2) is 0 Å². The fourth-order valence-corrected chi connectivity index (χ4v) is 3.17. The Labute approximate surface area is 144 Å². The summed E-state index contributed by atoms with van der Waals surface area (Å²) in [5, 5.41) is 5.45. The minimum atomic E-state index is -0.639. The number of carbonyl (C=O) groups is 2. The number of carbonyl (C=O) groups excluding carboxylic acids is 2. The van der Waals surface area contributed by atoms with Gasteiger partial charge in [-0.3, -0.25) is 9.59 Å². The molecule has 0 aromatic carbocycles. The van der Waals surface area contributed by atoms with E-state index in [1.807, 2.05) is 0 Å². The SMILES string of the molecule is O=C(Nc1ccccn1)C(=O)NC1CCCCCCCCCCC1. The third-order valence-corrected chi connectivity index (χ3v) is 4.55. The molecular weight excluding hydrogens is 302 g/mol. The molecule has 0 bridgehead atoms. The molecule has 24 heavy (non-hydrogen) atoms. The summed E-state index contributed by atoms with van der Waals surface area (Å²) in [6.45, 7) is 0. The van der Waals surface area contributed by atoms with E-state index in [1.165, 1.54) is 44.9 Å². The molecule has 1 aliphatic carbocycles. The van der Waals surface area contributed by atoms with Crippen LogP contribution < -0.4 is 10.6 Å². The second kappa shape index (κ2) is 10.8. The number of nitrogens with one attached hydrogen (secondary N) is 2. The van der Waals surface area contributed by atoms with E-state index in [0.717, 1.165) is 25.7 Å². The minimum absolute atomic E-state index is 0.103. The van der Waals surface area contributed by atoms with Crippen LogP contribution in [-0.4, -0.2) is 22.8 Å². The van der Waals surface area contributed by atoms with Gasteiger partial charge in [-0.1, -0.05) is 63.9 Å². The van der Waals surface area contributed by atoms with Gasteiger partial charge in [0, 0.05) is 12.2 Å². The highest BCUT2D eigenvalue weighted by Gasteiger charge is 2.19. The molecule has 2 amide bonds. The van der Waals surface area contributed by atoms with E-state index in [2.05, 4.69) is 15.6 Å². The molecule has 132 valence electrons. The fourth-order valence-electron chi connectivity index (χ4n) is 3.17. The number of anilines is 1. The van der Waals surface area contributed by atoms with Crippen LogP contribution in [0.25, 0.3) is 0 Å². The first-order valence-corrected chi connectivity index (χ1v) is 9.28. The molecule has 5 heteroatoms. The molecule has 0 saturated heterocycles. The standard InChI is InChI=1S/C19H29N3O2/c23-18(19(24)22-17-14-10-11-15-20-17)21-16-12-8-6-4-2-1-3-5-7-9-13-16/h10-11,14-16H,1-9,12-13H2,(H,21,23)(H,20,22,24). The van der Waals surface area contributed by atoms with Crippen molar-refractivity contribution in [1.82, 2.24) is 10.3 Å². The number of hydrogen-bond acceptors (Lipinski definition) is 3. The number of rotatable bonds is 2. The van der Waals surface area contributed by atoms with E-state index in [-0.39, 0.29) is 6.04 Å². The quantitative estimate of drug-likeness (QED) is 0.810. The van der Waals surface area contributed by atoms with Gasteiger partial charge in [0.2, 0.25) is 0 Å². The van der Waals surface area contributed by atoms with Gasteiger partial charge in [-0.2, -0.15) is 0 Å². The van der Waals surface area contributed by atoms with Crippen LogP contribution in [0.4, 0.5) is 5.82 Å². The molecular formula is C19H29N3O2. The normalized spacial score (nSPS) is 18.0. The van der Waals surface area contributed by atoms with Crippen LogP contribution >= 0.6 is 0 Å². The number of amides is 2. The first kappa shape index (κ1) is 18.4. The molecule has 0 aliphatic heterocycles. The number of aromatic nitrogens is 1. The van der Waals surface area contributed by atoms with Crippen LogP contribution in [0.3, 0.4) is 0 Å². The Morgan fingerprint density at radius 3 is 1.96 bits per heavy atom. The Bertz CT molecular complexity index is 493. The highest BCUT2D eigenvalue weighted by molar-refractivity contribution is 6.39. The van der Waals surface area contributed by atoms with Gasteiger partial charge in [0.25, 0.3) is 0 Å². The van der Waals surface area contributed by atoms with Gasteiger partial charge in [-0.25, -0.2) is 4.98 Å². The lowest BCUT2D eigenvalue weighted by atomic mass is 9.98. The molecule has 2 rings (SSSR count). The average Bonchev–Trinajstić information content (AvgIpc) is 2.58. The summed E-state index contributed by atoms with van der Waals surface area (Å²) in [5.41, 5.74) is 0. The highest BCUT2D eigenvalue weighted by Crippen LogP contribution is 2.17. The summed E-state index contributed by atoms with van der Waals surface area (Å²) in [6.07, 6.45) is 14.7. The molecule has 0 unspecified atom stereocenters. The van der Waals surface area contributed by atoms with Crippen LogP contribution in [0.5, 0.6) is 0 Å². The molecule has 1 aromatic rings. The van der Waals surface area contributed by atoms with Crippen molar-refractivity contribution in [3.05, 3.63) is 24.4 Å². The first-order chi connectivity index (χ1) is 11.8. The van der Waals surface area contributed by atoms with Gasteiger partial charge < -0.3 is 10.6 Å². The van der Waals surface area contributed by atoms with Crippen LogP contribution in [0.15, 0.2) is 24.4 Å². The Kier molecular flexibility index (Phi) is 8.28. The molecule has 1 aliphatic rings. The Balaban J connectivity index is 1.81. The molecule has 0 atom stereocenters. The van der Waals surface area contributed by atoms with Crippen molar-refractivity contribution in [2.24, 2.45) is 0 Å². The largest absolute Gasteiger partial charge is 0.345 e. The topological polar surface area (TPSA) is 71.1 Å². The van der Waals surface area contributed by atoms with Crippen LogP contribution in [0, 0.1) is 0 Å². The maximum atomic E-state index is 12.1. The van der Waals surface area contributed by atoms with Crippen LogP contribution in [0.1, 0.15) is 70.6 Å². The molecule has 1 heterocycles. The molecule has 1 saturated carbocycles. The Morgan fingerprint density at radius 1 is 0.833 bits per heavy atom. The van der Waals surface area contributed by atoms with E-state index in [1.54, 1.807) is 24.4 Å². The maximum Gasteiger partial charge on any atom is 0.314 e. The van der Waals surface area contributed by atoms with Crippen molar-refractivity contribution in [2.75, 3.05) is 5.32 Å². The third-order valence-electron chi connectivity index (χ3n) is 4.55. The Hall–Kier alpha value is -1.91. The van der Waals surface area contributed by atoms with E-state index in [9.17, 15) is 9.59 Å². The fraction of sp³-hybridized carbons (Fsp3) is 0.632. The zero-order chi connectivity index (χ0) is 17.0. The molecule has 1 aromatic heterocycles. The number of hydrogen-bond donors (Lipinski definition) is 2. The minimum Gasteiger partial charge on any atom is -0.345 e. The van der Waals surface area contributed by atoms with Crippen molar-refractivity contribution in [2.45, 2.75) is 76.7 Å². The summed E-state index contributed by atoms with van der Waals surface area (Å²) in [7, 11) is 0. The van der Waals surface area contributed by atoms with Crippen molar-refractivity contribution in [1.29, 1.82) is 0 Å². The second-order valence-corrected chi connectivity index (χ2v) is 6.60. The van der Waals surface area contributed by atoms with Gasteiger partial charge in [0.05, 0.1) is 0 Å². The monoisotopic (exact) mass is 331 g/mol. The highest BCUT2D eigenvalue weighted by atomic mass is 16.2. The number of nitrogens with zero attached hydrogens (tertiary/aromatic N) is 1. The number of pyridine rings is 1. The van der Waals surface area contributed by atoms with Gasteiger partial charge >= 0.3 is 11.8 Å². The molecule has 1 fully saturated rings. The van der Waals surface area contributed by atoms with Crippen molar-refractivity contribution < 1.29 is 9.59 Å². The lowest BCUT2D eigenvalue weighted by Crippen LogP contribution is -2.42. The second-order valence-electron chi connectivity index (χ2n) is 6.60. The van der Waals surface area contributed by atoms with Crippen LogP contribution in [0.2, 0.25) is 0 Å². The maximum absolute atomic E-state index is 12.1. The van der Waals surface area contributed by atoms with E-state index in [0.29, 0.717) is 5.82 Å². The van der Waals surface area contributed by atoms with Gasteiger partial charge in [0.1, 0.15) is 5.82 Å². The van der Waals surface area contributed by atoms with E-state index >= 15 is 0 Å². The smallest absolute Gasteiger partial charge is 0.314 e. The van der Waals surface area contributed by atoms with Crippen molar-refractivity contribution in [3.8, 4) is 0 Å².